The van der Waals surface area contributed by atoms with Gasteiger partial charge in [-0.15, -0.1) is 0 Å². The number of carbonyl (C=O) groups is 1. The van der Waals surface area contributed by atoms with Gasteiger partial charge in [-0.3, -0.25) is 4.79 Å². The summed E-state index contributed by atoms with van der Waals surface area (Å²) in [4.78, 5) is 12.9. The Labute approximate surface area is 182 Å². The third-order valence-electron chi connectivity index (χ3n) is 6.63. The summed E-state index contributed by atoms with van der Waals surface area (Å²) in [6, 6.07) is 5.89. The molecular formula is C24H40ClN3O. The first-order valence-electron chi connectivity index (χ1n) is 11.0. The van der Waals surface area contributed by atoms with Crippen molar-refractivity contribution in [1.29, 1.82) is 0 Å². The number of carbonyl (C=O) groups excluding carboxylic acids is 1. The Morgan fingerprint density at radius 2 is 1.93 bits per heavy atom. The molecule has 0 aromatic heterocycles. The predicted octanol–water partition coefficient (Wildman–Crippen LogP) is 4.81. The molecule has 0 aliphatic heterocycles. The second-order valence-corrected chi connectivity index (χ2v) is 9.22. The van der Waals surface area contributed by atoms with E-state index in [1.54, 1.807) is 0 Å². The van der Waals surface area contributed by atoms with Gasteiger partial charge < -0.3 is 16.0 Å². The van der Waals surface area contributed by atoms with Gasteiger partial charge >= 0.3 is 0 Å². The summed E-state index contributed by atoms with van der Waals surface area (Å²) in [7, 11) is 1.96. The zero-order valence-electron chi connectivity index (χ0n) is 17.3. The number of halogens is 1. The highest BCUT2D eigenvalue weighted by atomic mass is 35.5. The van der Waals surface area contributed by atoms with Crippen LogP contribution in [0.2, 0.25) is 5.02 Å². The number of rotatable bonds is 10. The molecule has 0 heterocycles. The van der Waals surface area contributed by atoms with Gasteiger partial charge in [0.15, 0.2) is 0 Å². The van der Waals surface area contributed by atoms with Crippen LogP contribution in [0.4, 0.5) is 0 Å². The Morgan fingerprint density at radius 3 is 2.66 bits per heavy atom. The second-order valence-electron chi connectivity index (χ2n) is 8.81. The molecule has 1 amide bonds. The standard InChI is InChI=1S/C23H36ClN3O.CH4/c1-25-13-14-26-12-4-7-18-8-9-21(24)20(15-18)22(28)27-17-23-10-2-5-19(16-23)6-3-11-23;/h8-9,15,19,25-26H,2-7,10-14,16-17H2,1H3,(H,27,28);1H4. The van der Waals surface area contributed by atoms with Gasteiger partial charge in [0, 0.05) is 19.6 Å². The fourth-order valence-electron chi connectivity index (χ4n) is 5.09. The van der Waals surface area contributed by atoms with Gasteiger partial charge in [0.2, 0.25) is 0 Å². The third kappa shape index (κ3) is 6.97. The molecule has 5 heteroatoms. The van der Waals surface area contributed by atoms with E-state index in [0.717, 1.165) is 44.9 Å². The minimum atomic E-state index is -0.0129. The van der Waals surface area contributed by atoms with Crippen LogP contribution in [0.1, 0.15) is 74.7 Å². The average Bonchev–Trinajstić information content (AvgIpc) is 2.70. The molecule has 0 saturated heterocycles. The lowest BCUT2D eigenvalue weighted by molar-refractivity contribution is 0.0682. The van der Waals surface area contributed by atoms with Crippen molar-refractivity contribution in [3.63, 3.8) is 0 Å². The van der Waals surface area contributed by atoms with Gasteiger partial charge in [-0.05, 0) is 74.7 Å². The topological polar surface area (TPSA) is 53.2 Å². The molecule has 1 aromatic rings. The normalized spacial score (nSPS) is 23.3. The Hall–Kier alpha value is -1.10. The van der Waals surface area contributed by atoms with Crippen LogP contribution in [0.25, 0.3) is 0 Å². The van der Waals surface area contributed by atoms with Crippen molar-refractivity contribution in [1.82, 2.24) is 16.0 Å². The Morgan fingerprint density at radius 1 is 1.17 bits per heavy atom. The summed E-state index contributed by atoms with van der Waals surface area (Å²) >= 11 is 6.35. The largest absolute Gasteiger partial charge is 0.351 e. The maximum Gasteiger partial charge on any atom is 0.252 e. The van der Waals surface area contributed by atoms with Gasteiger partial charge in [0.25, 0.3) is 5.91 Å². The molecule has 3 N–H and O–H groups in total. The highest BCUT2D eigenvalue weighted by Gasteiger charge is 2.39. The summed E-state index contributed by atoms with van der Waals surface area (Å²) in [5.41, 5.74) is 2.14. The van der Waals surface area contributed by atoms with E-state index in [2.05, 4.69) is 16.0 Å². The molecular weight excluding hydrogens is 382 g/mol. The number of hydrogen-bond donors (Lipinski definition) is 3. The monoisotopic (exact) mass is 421 g/mol. The molecule has 0 spiro atoms. The highest BCUT2D eigenvalue weighted by molar-refractivity contribution is 6.33. The van der Waals surface area contributed by atoms with Crippen LogP contribution < -0.4 is 16.0 Å². The zero-order valence-corrected chi connectivity index (χ0v) is 18.0. The van der Waals surface area contributed by atoms with Crippen LogP contribution >= 0.6 is 11.6 Å². The summed E-state index contributed by atoms with van der Waals surface area (Å²) in [5, 5.41) is 10.3. The van der Waals surface area contributed by atoms with Gasteiger partial charge in [-0.25, -0.2) is 0 Å². The number of hydrogen-bond acceptors (Lipinski definition) is 3. The number of nitrogens with one attached hydrogen (secondary N) is 3. The number of aryl methyl sites for hydroxylation is 1. The first kappa shape index (κ1) is 24.2. The van der Waals surface area contributed by atoms with E-state index in [1.807, 2.05) is 25.2 Å². The number of likely N-dealkylation sites (N-methyl/N-ethyl adjacent to an activating group) is 1. The molecule has 0 unspecified atom stereocenters. The van der Waals surface area contributed by atoms with E-state index in [9.17, 15) is 4.79 Å². The summed E-state index contributed by atoms with van der Waals surface area (Å²) in [5.74, 6) is 0.870. The van der Waals surface area contributed by atoms with Crippen molar-refractivity contribution in [3.05, 3.63) is 34.3 Å². The molecule has 2 saturated carbocycles. The molecule has 2 fully saturated rings. The Bertz CT molecular complexity index is 639. The molecule has 3 rings (SSSR count). The van der Waals surface area contributed by atoms with Crippen LogP contribution in [0.15, 0.2) is 18.2 Å². The fourth-order valence-corrected chi connectivity index (χ4v) is 5.29. The van der Waals surface area contributed by atoms with Crippen molar-refractivity contribution >= 4 is 17.5 Å². The van der Waals surface area contributed by atoms with Gasteiger partial charge in [-0.1, -0.05) is 50.8 Å². The van der Waals surface area contributed by atoms with Crippen molar-refractivity contribution in [2.45, 2.75) is 65.2 Å². The Kier molecular flexibility index (Phi) is 9.94. The van der Waals surface area contributed by atoms with Gasteiger partial charge in [0.1, 0.15) is 0 Å². The van der Waals surface area contributed by atoms with Crippen LogP contribution in [-0.2, 0) is 6.42 Å². The number of benzene rings is 1. The first-order chi connectivity index (χ1) is 13.6. The molecule has 2 bridgehead atoms. The smallest absolute Gasteiger partial charge is 0.252 e. The minimum absolute atomic E-state index is 0. The molecule has 164 valence electrons. The lowest BCUT2D eigenvalue weighted by atomic mass is 9.62. The van der Waals surface area contributed by atoms with Crippen molar-refractivity contribution in [2.75, 3.05) is 33.2 Å². The van der Waals surface area contributed by atoms with Crippen LogP contribution in [-0.4, -0.2) is 39.1 Å². The van der Waals surface area contributed by atoms with Gasteiger partial charge in [-0.2, -0.15) is 0 Å². The average molecular weight is 422 g/mol. The Balaban J connectivity index is 0.00000300. The third-order valence-corrected chi connectivity index (χ3v) is 6.96. The molecule has 0 atom stereocenters. The maximum atomic E-state index is 12.9. The zero-order chi connectivity index (χ0) is 19.8. The van der Waals surface area contributed by atoms with Crippen LogP contribution in [0.5, 0.6) is 0 Å². The first-order valence-corrected chi connectivity index (χ1v) is 11.4. The highest BCUT2D eigenvalue weighted by Crippen LogP contribution is 2.48. The molecule has 4 nitrogen and oxygen atoms in total. The fraction of sp³-hybridized carbons (Fsp3) is 0.708. The van der Waals surface area contributed by atoms with E-state index in [4.69, 9.17) is 11.6 Å². The lowest BCUT2D eigenvalue weighted by Gasteiger charge is -2.45. The summed E-state index contributed by atoms with van der Waals surface area (Å²) in [6.45, 7) is 3.74. The van der Waals surface area contributed by atoms with E-state index in [0.29, 0.717) is 16.0 Å². The van der Waals surface area contributed by atoms with E-state index in [-0.39, 0.29) is 13.3 Å². The lowest BCUT2D eigenvalue weighted by Crippen LogP contribution is -2.43. The molecule has 2 aliphatic rings. The predicted molar refractivity (Wildman–Crippen MR) is 124 cm³/mol. The second kappa shape index (κ2) is 11.9. The summed E-state index contributed by atoms with van der Waals surface area (Å²) < 4.78 is 0. The summed E-state index contributed by atoms with van der Waals surface area (Å²) in [6.07, 6.45) is 11.2. The number of amides is 1. The maximum absolute atomic E-state index is 12.9. The molecule has 0 radical (unpaired) electrons. The van der Waals surface area contributed by atoms with Crippen molar-refractivity contribution < 1.29 is 4.79 Å². The minimum Gasteiger partial charge on any atom is -0.351 e. The quantitative estimate of drug-likeness (QED) is 0.475. The van der Waals surface area contributed by atoms with Gasteiger partial charge in [0.05, 0.1) is 10.6 Å². The van der Waals surface area contributed by atoms with E-state index < -0.39 is 0 Å². The molecule has 1 aromatic carbocycles. The molecule has 2 aliphatic carbocycles. The number of fused-ring (bicyclic) bond motifs is 2. The van der Waals surface area contributed by atoms with E-state index in [1.165, 1.54) is 50.5 Å². The van der Waals surface area contributed by atoms with E-state index >= 15 is 0 Å². The molecule has 29 heavy (non-hydrogen) atoms. The van der Waals surface area contributed by atoms with Crippen molar-refractivity contribution in [2.24, 2.45) is 11.3 Å². The van der Waals surface area contributed by atoms with Crippen LogP contribution in [0, 0.1) is 11.3 Å². The van der Waals surface area contributed by atoms with Crippen molar-refractivity contribution in [3.8, 4) is 0 Å². The SMILES string of the molecule is C.CNCCNCCCc1ccc(Cl)c(C(=O)NCC23CCCC(CCC2)C3)c1. The van der Waals surface area contributed by atoms with Crippen LogP contribution in [0.3, 0.4) is 0 Å².